The van der Waals surface area contributed by atoms with Gasteiger partial charge in [0.05, 0.1) is 92.0 Å². The van der Waals surface area contributed by atoms with Crippen LogP contribution in [0, 0.1) is 0 Å². The van der Waals surface area contributed by atoms with Gasteiger partial charge >= 0.3 is 47.8 Å². The molecule has 0 saturated carbocycles. The Balaban J connectivity index is 1.24. The maximum absolute atomic E-state index is 12.3. The summed E-state index contributed by atoms with van der Waals surface area (Å²) in [7, 11) is 0. The minimum Gasteiger partial charge on any atom is -0.463 e. The third-order valence-electron chi connectivity index (χ3n) is 13.0. The maximum atomic E-state index is 12.3. The molecule has 4 aliphatic heterocycles. The molecule has 0 radical (unpaired) electrons. The second-order valence-corrected chi connectivity index (χ2v) is 20.3. The van der Waals surface area contributed by atoms with Crippen LogP contribution in [0.2, 0.25) is 0 Å². The second kappa shape index (κ2) is 44.5. The molecule has 0 aromatic rings. The van der Waals surface area contributed by atoms with Crippen molar-refractivity contribution in [1.82, 2.24) is 20.3 Å². The van der Waals surface area contributed by atoms with Gasteiger partial charge in [-0.15, -0.1) is 20.3 Å². The van der Waals surface area contributed by atoms with E-state index in [0.29, 0.717) is 20.3 Å². The van der Waals surface area contributed by atoms with Gasteiger partial charge < -0.3 is 76.2 Å². The highest BCUT2D eigenvalue weighted by Gasteiger charge is 2.36. The Bertz CT molecular complexity index is 2500. The molecule has 0 spiro atoms. The zero-order chi connectivity index (χ0) is 67.8. The summed E-state index contributed by atoms with van der Waals surface area (Å²) >= 11 is 0. The minimum atomic E-state index is -0.906. The van der Waals surface area contributed by atoms with Crippen molar-refractivity contribution in [3.8, 4) is 0 Å². The molecule has 0 aromatic carbocycles. The zero-order valence-corrected chi connectivity index (χ0v) is 51.7. The Morgan fingerprint density at radius 2 is 0.516 bits per heavy atom. The van der Waals surface area contributed by atoms with E-state index in [1.807, 2.05) is 0 Å². The first-order valence-corrected chi connectivity index (χ1v) is 30.3. The quantitative estimate of drug-likeness (QED) is 0.0321. The van der Waals surface area contributed by atoms with Crippen LogP contribution in [0.25, 0.3) is 0 Å². The number of rotatable bonds is 51. The molecule has 0 N–H and O–H groups in total. The van der Waals surface area contributed by atoms with Crippen molar-refractivity contribution in [2.45, 2.75) is 154 Å². The molecule has 36 nitrogen and oxygen atoms in total. The van der Waals surface area contributed by atoms with Crippen molar-refractivity contribution < 1.29 is 153 Å². The molecule has 0 aliphatic carbocycles. The van der Waals surface area contributed by atoms with Crippen LogP contribution in [0.1, 0.15) is 135 Å². The summed E-state index contributed by atoms with van der Waals surface area (Å²) in [6, 6.07) is 0. The summed E-state index contributed by atoms with van der Waals surface area (Å²) in [5.41, 5.74) is 0. The normalized spacial score (nSPS) is 15.8. The van der Waals surface area contributed by atoms with Crippen LogP contribution in [0.15, 0.2) is 0 Å². The molecule has 4 fully saturated rings. The molecule has 520 valence electrons. The monoisotopic (exact) mass is 1330 g/mol. The van der Waals surface area contributed by atoms with E-state index in [1.165, 1.54) is 0 Å². The van der Waals surface area contributed by atoms with Gasteiger partial charge in [-0.25, -0.2) is 19.2 Å². The largest absolute Gasteiger partial charge is 0.463 e. The first-order valence-electron chi connectivity index (χ1n) is 30.3. The summed E-state index contributed by atoms with van der Waals surface area (Å²) in [5.74, 6) is -11.0. The lowest BCUT2D eigenvalue weighted by molar-refractivity contribution is -0.197. The fourth-order valence-corrected chi connectivity index (χ4v) is 8.27. The van der Waals surface area contributed by atoms with Crippen LogP contribution in [0.5, 0.6) is 0 Å². The van der Waals surface area contributed by atoms with Gasteiger partial charge in [0.2, 0.25) is 0 Å². The second-order valence-electron chi connectivity index (χ2n) is 20.3. The number of carbonyl (C=O) groups excluding carboxylic acids is 16. The van der Waals surface area contributed by atoms with Gasteiger partial charge in [0.1, 0.15) is 38.6 Å². The molecule has 0 bridgehead atoms. The molecule has 4 saturated heterocycles. The van der Waals surface area contributed by atoms with Crippen LogP contribution >= 0.6 is 0 Å². The predicted molar refractivity (Wildman–Crippen MR) is 297 cm³/mol. The van der Waals surface area contributed by atoms with Crippen molar-refractivity contribution >= 4 is 95.0 Å². The smallest absolute Gasteiger partial charge is 0.333 e. The van der Waals surface area contributed by atoms with Crippen LogP contribution < -0.4 is 0 Å². The number of ether oxygens (including phenoxy) is 12. The summed E-state index contributed by atoms with van der Waals surface area (Å²) in [6.45, 7) is 0.639. The molecule has 93 heavy (non-hydrogen) atoms. The lowest BCUT2D eigenvalue weighted by Gasteiger charge is -2.32. The standard InChI is InChI=1S/C57H80N4O32/c1-39(83-31-24-79-27-34-86-50(71)7-3-11-54(75)91-59-43(64)16-17-44(59)65)57(89-37-30-81-29-36-88-52(73)9-5-13-56(77)93-61-47(68)20-21-48(61)69)40(84-32-25-80-28-35-87-51(72)8-4-12-55(76)92-60-45(66)18-19-46(60)67)38-82-23-22-78-26-33-85-49(70)6-2-10-53(74)90-58-41(62)14-15-42(58)63/h39-40,57H,2-38H2,1H3. The van der Waals surface area contributed by atoms with Gasteiger partial charge in [-0.05, 0) is 32.6 Å². The van der Waals surface area contributed by atoms with E-state index in [1.54, 1.807) is 6.92 Å². The van der Waals surface area contributed by atoms with Crippen molar-refractivity contribution in [3.63, 3.8) is 0 Å². The number of nitrogens with zero attached hydrogens (tertiary/aromatic N) is 4. The van der Waals surface area contributed by atoms with Gasteiger partial charge in [0.25, 0.3) is 47.3 Å². The number of hydroxylamine groups is 8. The van der Waals surface area contributed by atoms with Gasteiger partial charge in [0, 0.05) is 103 Å². The lowest BCUT2D eigenvalue weighted by atomic mass is 10.1. The number of imide groups is 4. The topological polar surface area (TPSA) is 434 Å². The van der Waals surface area contributed by atoms with E-state index in [9.17, 15) is 76.7 Å². The number of esters is 4. The zero-order valence-electron chi connectivity index (χ0n) is 51.7. The van der Waals surface area contributed by atoms with Gasteiger partial charge in [-0.3, -0.25) is 57.5 Å². The number of hydrogen-bond acceptors (Lipinski definition) is 32. The molecular weight excluding hydrogens is 1250 g/mol. The fourth-order valence-electron chi connectivity index (χ4n) is 8.27. The lowest BCUT2D eigenvalue weighted by Crippen LogP contribution is -2.45. The third-order valence-corrected chi connectivity index (χ3v) is 13.0. The average Bonchev–Trinajstić information content (AvgIpc) is 1.96. The first-order chi connectivity index (χ1) is 44.7. The van der Waals surface area contributed by atoms with Gasteiger partial charge in [-0.2, -0.15) is 0 Å². The first kappa shape index (κ1) is 77.4. The van der Waals surface area contributed by atoms with Crippen LogP contribution in [-0.4, -0.2) is 246 Å². The number of carbonyl (C=O) groups is 16. The molecule has 3 unspecified atom stereocenters. The van der Waals surface area contributed by atoms with E-state index >= 15 is 0 Å². The van der Waals surface area contributed by atoms with Gasteiger partial charge in [-0.1, -0.05) is 0 Å². The SMILES string of the molecule is CC(OCCOCCOC(=O)CCCC(=O)ON1C(=O)CCC1=O)C(OCCOCCOC(=O)CCCC(=O)ON1C(=O)CCC1=O)C(COCCOCCOC(=O)CCCC(=O)ON1C(=O)CCC1=O)OCCOCCOC(=O)CCCC(=O)ON1C(=O)CCC1=O. The molecule has 8 amide bonds. The molecular formula is C57H80N4O32. The molecule has 4 heterocycles. The van der Waals surface area contributed by atoms with Crippen LogP contribution in [-0.2, 0) is 153 Å². The Labute approximate surface area is 532 Å². The highest BCUT2D eigenvalue weighted by molar-refractivity contribution is 6.03. The Morgan fingerprint density at radius 3 is 0.806 bits per heavy atom. The molecule has 0 aromatic heterocycles. The average molecular weight is 1330 g/mol. The predicted octanol–water partition coefficient (Wildman–Crippen LogP) is -0.472. The highest BCUT2D eigenvalue weighted by Crippen LogP contribution is 2.19. The number of amides is 8. The van der Waals surface area contributed by atoms with Crippen molar-refractivity contribution in [2.75, 3.05) is 112 Å². The van der Waals surface area contributed by atoms with Gasteiger partial charge in [0.15, 0.2) is 0 Å². The summed E-state index contributed by atoms with van der Waals surface area (Å²) < 4.78 is 67.6. The molecule has 4 aliphatic rings. The summed E-state index contributed by atoms with van der Waals surface area (Å²) in [5, 5.41) is 1.66. The number of hydrogen-bond donors (Lipinski definition) is 0. The van der Waals surface area contributed by atoms with E-state index in [0.717, 1.165) is 0 Å². The molecule has 36 heteroatoms. The molecule has 3 atom stereocenters. The summed E-state index contributed by atoms with van der Waals surface area (Å²) in [6.07, 6.45) is -4.61. The maximum Gasteiger partial charge on any atom is 0.333 e. The third kappa shape index (κ3) is 31.9. The van der Waals surface area contributed by atoms with Crippen molar-refractivity contribution in [3.05, 3.63) is 0 Å². The molecule has 4 rings (SSSR count). The van der Waals surface area contributed by atoms with Crippen LogP contribution in [0.3, 0.4) is 0 Å². The minimum absolute atomic E-state index is 0.00130. The van der Waals surface area contributed by atoms with E-state index in [-0.39, 0.29) is 241 Å². The van der Waals surface area contributed by atoms with E-state index in [2.05, 4.69) is 0 Å². The van der Waals surface area contributed by atoms with Crippen molar-refractivity contribution in [2.24, 2.45) is 0 Å². The Morgan fingerprint density at radius 1 is 0.290 bits per heavy atom. The summed E-state index contributed by atoms with van der Waals surface area (Å²) in [4.78, 5) is 210. The fraction of sp³-hybridized carbons (Fsp3) is 0.719. The van der Waals surface area contributed by atoms with Crippen LogP contribution in [0.4, 0.5) is 0 Å². The van der Waals surface area contributed by atoms with E-state index < -0.39 is 113 Å². The van der Waals surface area contributed by atoms with E-state index in [4.69, 9.17) is 76.2 Å². The van der Waals surface area contributed by atoms with Crippen molar-refractivity contribution in [1.29, 1.82) is 0 Å². The Hall–Kier alpha value is -8.00. The highest BCUT2D eigenvalue weighted by atomic mass is 16.7. The Kier molecular flexibility index (Phi) is 37.1.